The Balaban J connectivity index is 1.22. The van der Waals surface area contributed by atoms with E-state index < -0.39 is 34.5 Å². The number of anilines is 2. The SMILES string of the molecule is O=C(O)CCCCCCCCc1cn(Cc2cccc(C(=O)Nc3ccc(N4CCCCC4)cc3C(=O)N/N=C/c3ccc(Cl)c(C(F)(F)F)c3)c2)nn1. The third-order valence-corrected chi connectivity index (χ3v) is 9.42. The monoisotopic (exact) mass is 765 g/mol. The largest absolute Gasteiger partial charge is 0.481 e. The normalized spacial score (nSPS) is 13.3. The Morgan fingerprint density at radius 1 is 0.907 bits per heavy atom. The molecule has 1 aromatic heterocycles. The number of carbonyl (C=O) groups excluding carboxylic acids is 2. The fourth-order valence-electron chi connectivity index (χ4n) is 6.26. The van der Waals surface area contributed by atoms with Crippen LogP contribution in [-0.2, 0) is 23.9 Å². The second-order valence-electron chi connectivity index (χ2n) is 13.3. The van der Waals surface area contributed by atoms with Crippen molar-refractivity contribution in [3.05, 3.63) is 105 Å². The number of nitrogens with zero attached hydrogens (tertiary/aromatic N) is 5. The average Bonchev–Trinajstić information content (AvgIpc) is 3.60. The van der Waals surface area contributed by atoms with Gasteiger partial charge in [-0.2, -0.15) is 18.3 Å². The van der Waals surface area contributed by atoms with Crippen molar-refractivity contribution >= 4 is 47.0 Å². The Hall–Kier alpha value is -5.24. The minimum absolute atomic E-state index is 0.0860. The van der Waals surface area contributed by atoms with Gasteiger partial charge in [-0.1, -0.05) is 60.7 Å². The van der Waals surface area contributed by atoms with E-state index in [1.54, 1.807) is 35.0 Å². The second kappa shape index (κ2) is 19.2. The summed E-state index contributed by atoms with van der Waals surface area (Å²) in [6.45, 7) is 2.04. The third-order valence-electron chi connectivity index (χ3n) is 9.09. The Morgan fingerprint density at radius 3 is 2.43 bits per heavy atom. The first-order valence-corrected chi connectivity index (χ1v) is 18.4. The number of nitrogens with one attached hydrogen (secondary N) is 2. The molecule has 1 aliphatic rings. The molecular formula is C39H43ClF3N7O4. The van der Waals surface area contributed by atoms with Crippen LogP contribution in [0.15, 0.2) is 72.0 Å². The summed E-state index contributed by atoms with van der Waals surface area (Å²) < 4.78 is 41.7. The zero-order chi connectivity index (χ0) is 38.5. The van der Waals surface area contributed by atoms with Crippen molar-refractivity contribution in [3.63, 3.8) is 0 Å². The van der Waals surface area contributed by atoms with E-state index in [-0.39, 0.29) is 23.2 Å². The zero-order valence-electron chi connectivity index (χ0n) is 29.7. The van der Waals surface area contributed by atoms with Crippen LogP contribution in [0, 0.1) is 0 Å². The zero-order valence-corrected chi connectivity index (χ0v) is 30.5. The Morgan fingerprint density at radius 2 is 1.67 bits per heavy atom. The molecule has 2 heterocycles. The van der Waals surface area contributed by atoms with E-state index in [1.165, 1.54) is 6.07 Å². The van der Waals surface area contributed by atoms with Crippen molar-refractivity contribution in [2.24, 2.45) is 5.10 Å². The molecule has 1 fully saturated rings. The van der Waals surface area contributed by atoms with Crippen molar-refractivity contribution in [2.75, 3.05) is 23.3 Å². The van der Waals surface area contributed by atoms with Crippen LogP contribution in [0.25, 0.3) is 0 Å². The van der Waals surface area contributed by atoms with Crippen LogP contribution in [-0.4, -0.2) is 57.2 Å². The summed E-state index contributed by atoms with van der Waals surface area (Å²) in [5, 5.41) is 23.6. The molecule has 0 unspecified atom stereocenters. The lowest BCUT2D eigenvalue weighted by atomic mass is 10.1. The first-order valence-electron chi connectivity index (χ1n) is 18.1. The highest BCUT2D eigenvalue weighted by molar-refractivity contribution is 6.31. The van der Waals surface area contributed by atoms with Gasteiger partial charge in [-0.3, -0.25) is 14.4 Å². The number of aromatic nitrogens is 3. The first-order chi connectivity index (χ1) is 26.0. The molecule has 0 aliphatic carbocycles. The van der Waals surface area contributed by atoms with Crippen LogP contribution < -0.4 is 15.6 Å². The lowest BCUT2D eigenvalue weighted by molar-refractivity contribution is -0.138. The Bertz CT molecular complexity index is 1940. The van der Waals surface area contributed by atoms with E-state index in [0.29, 0.717) is 18.5 Å². The molecule has 3 aromatic carbocycles. The summed E-state index contributed by atoms with van der Waals surface area (Å²) in [6, 6.07) is 15.5. The number of alkyl halides is 3. The van der Waals surface area contributed by atoms with Crippen molar-refractivity contribution in [2.45, 2.75) is 83.4 Å². The molecule has 0 radical (unpaired) electrons. The predicted octanol–water partition coefficient (Wildman–Crippen LogP) is 8.36. The summed E-state index contributed by atoms with van der Waals surface area (Å²) in [4.78, 5) is 39.8. The van der Waals surface area contributed by atoms with Crippen LogP contribution in [0.3, 0.4) is 0 Å². The highest BCUT2D eigenvalue weighted by Gasteiger charge is 2.33. The number of hydrazone groups is 1. The number of halogens is 4. The van der Waals surface area contributed by atoms with Gasteiger partial charge in [0.1, 0.15) is 0 Å². The van der Waals surface area contributed by atoms with Crippen molar-refractivity contribution in [3.8, 4) is 0 Å². The van der Waals surface area contributed by atoms with Crippen molar-refractivity contribution in [1.82, 2.24) is 20.4 Å². The van der Waals surface area contributed by atoms with Gasteiger partial charge in [0.15, 0.2) is 0 Å². The van der Waals surface area contributed by atoms with E-state index >= 15 is 0 Å². The number of unbranched alkanes of at least 4 members (excludes halogenated alkanes) is 5. The molecular weight excluding hydrogens is 723 g/mol. The predicted molar refractivity (Wildman–Crippen MR) is 201 cm³/mol. The molecule has 2 amide bonds. The minimum atomic E-state index is -4.65. The molecule has 15 heteroatoms. The fraction of sp³-hybridized carbons (Fsp3) is 0.385. The average molecular weight is 766 g/mol. The smallest absolute Gasteiger partial charge is 0.417 e. The maximum atomic E-state index is 13.5. The van der Waals surface area contributed by atoms with Crippen LogP contribution in [0.4, 0.5) is 24.5 Å². The topological polar surface area (TPSA) is 142 Å². The molecule has 54 heavy (non-hydrogen) atoms. The Labute approximate surface area is 316 Å². The summed E-state index contributed by atoms with van der Waals surface area (Å²) in [5.41, 5.74) is 4.70. The number of hydrogen-bond donors (Lipinski definition) is 3. The number of piperidine rings is 1. The second-order valence-corrected chi connectivity index (χ2v) is 13.7. The standard InChI is InChI=1S/C39H43ClF3N7O4/c40-34-17-15-27(22-33(34)39(41,42)43)24-44-47-38(54)32-23-31(49-19-8-5-9-20-49)16-18-35(32)45-37(53)29-12-10-11-28(21-29)25-50-26-30(46-48-50)13-6-3-1-2-4-7-14-36(51)52/h10-12,15-18,21-24,26H,1-9,13-14,19-20,25H2,(H,45,53)(H,47,54)(H,51,52)/b44-24+. The number of aryl methyl sites for hydroxylation is 1. The summed E-state index contributed by atoms with van der Waals surface area (Å²) in [7, 11) is 0. The van der Waals surface area contributed by atoms with Gasteiger partial charge in [0.05, 0.1) is 40.3 Å². The summed E-state index contributed by atoms with van der Waals surface area (Å²) in [6.07, 6.45) is 8.15. The lowest BCUT2D eigenvalue weighted by Crippen LogP contribution is -2.30. The minimum Gasteiger partial charge on any atom is -0.481 e. The molecule has 0 saturated carbocycles. The molecule has 1 saturated heterocycles. The highest BCUT2D eigenvalue weighted by Crippen LogP contribution is 2.35. The molecule has 0 spiro atoms. The molecule has 4 aromatic rings. The van der Waals surface area contributed by atoms with Crippen molar-refractivity contribution in [1.29, 1.82) is 0 Å². The molecule has 1 aliphatic heterocycles. The van der Waals surface area contributed by atoms with Gasteiger partial charge in [-0.25, -0.2) is 10.1 Å². The number of amides is 2. The maximum Gasteiger partial charge on any atom is 0.417 e. The molecule has 3 N–H and O–H groups in total. The number of hydrogen-bond acceptors (Lipinski definition) is 7. The number of aliphatic carboxylic acids is 1. The van der Waals surface area contributed by atoms with Gasteiger partial charge >= 0.3 is 12.1 Å². The summed E-state index contributed by atoms with van der Waals surface area (Å²) in [5.74, 6) is -1.85. The maximum absolute atomic E-state index is 13.5. The van der Waals surface area contributed by atoms with Gasteiger partial charge in [0.2, 0.25) is 0 Å². The van der Waals surface area contributed by atoms with Gasteiger partial charge in [-0.15, -0.1) is 5.10 Å². The molecule has 0 bridgehead atoms. The number of carbonyl (C=O) groups is 3. The number of carboxylic acid groups (broad SMARTS) is 1. The third kappa shape index (κ3) is 11.9. The van der Waals surface area contributed by atoms with E-state index in [1.807, 2.05) is 18.3 Å². The number of rotatable bonds is 17. The van der Waals surface area contributed by atoms with Crippen LogP contribution >= 0.6 is 11.6 Å². The van der Waals surface area contributed by atoms with E-state index in [9.17, 15) is 27.6 Å². The number of carboxylic acids is 1. The van der Waals surface area contributed by atoms with E-state index in [4.69, 9.17) is 16.7 Å². The van der Waals surface area contributed by atoms with E-state index in [2.05, 4.69) is 31.1 Å². The quantitative estimate of drug-likeness (QED) is 0.0557. The van der Waals surface area contributed by atoms with E-state index in [0.717, 1.165) is 106 Å². The van der Waals surface area contributed by atoms with Crippen LogP contribution in [0.5, 0.6) is 0 Å². The first kappa shape index (κ1) is 40.0. The summed E-state index contributed by atoms with van der Waals surface area (Å²) >= 11 is 5.72. The van der Waals surface area contributed by atoms with Gasteiger partial charge < -0.3 is 15.3 Å². The molecule has 0 atom stereocenters. The fourth-order valence-corrected chi connectivity index (χ4v) is 6.48. The van der Waals surface area contributed by atoms with Gasteiger partial charge in [-0.05, 0) is 92.1 Å². The molecule has 11 nitrogen and oxygen atoms in total. The molecule has 286 valence electrons. The Kier molecular flexibility index (Phi) is 14.2. The van der Waals surface area contributed by atoms with Crippen LogP contribution in [0.2, 0.25) is 5.02 Å². The van der Waals surface area contributed by atoms with Crippen molar-refractivity contribution < 1.29 is 32.7 Å². The van der Waals surface area contributed by atoms with Gasteiger partial charge in [0, 0.05) is 37.0 Å². The molecule has 5 rings (SSSR count). The highest BCUT2D eigenvalue weighted by atomic mass is 35.5. The number of benzene rings is 3. The van der Waals surface area contributed by atoms with Crippen LogP contribution in [0.1, 0.15) is 107 Å². The lowest BCUT2D eigenvalue weighted by Gasteiger charge is -2.29. The van der Waals surface area contributed by atoms with Gasteiger partial charge in [0.25, 0.3) is 11.8 Å².